The Kier molecular flexibility index (Phi) is 2.37. The van der Waals surface area contributed by atoms with Crippen LogP contribution in [0.2, 0.25) is 0 Å². The molecule has 0 bridgehead atoms. The van der Waals surface area contributed by atoms with Crippen molar-refractivity contribution in [3.05, 3.63) is 23.8 Å². The molecule has 2 rings (SSSR count). The zero-order valence-corrected chi connectivity index (χ0v) is 8.32. The van der Waals surface area contributed by atoms with Crippen LogP contribution in [0.1, 0.15) is 29.5 Å². The van der Waals surface area contributed by atoms with Crippen molar-refractivity contribution < 1.29 is 9.90 Å². The molecular weight excluding hydrogens is 194 g/mol. The summed E-state index contributed by atoms with van der Waals surface area (Å²) < 4.78 is 0. The van der Waals surface area contributed by atoms with Crippen molar-refractivity contribution in [2.75, 3.05) is 0 Å². The number of carboxylic acid groups (broad SMARTS) is 1. The largest absolute Gasteiger partial charge is 0.477 e. The van der Waals surface area contributed by atoms with Gasteiger partial charge >= 0.3 is 5.97 Å². The van der Waals surface area contributed by atoms with Crippen molar-refractivity contribution in [3.8, 4) is 0 Å². The van der Waals surface area contributed by atoms with Crippen molar-refractivity contribution in [3.63, 3.8) is 0 Å². The summed E-state index contributed by atoms with van der Waals surface area (Å²) in [5.74, 6) is -1.01. The maximum absolute atomic E-state index is 10.8. The van der Waals surface area contributed by atoms with Crippen LogP contribution in [0.25, 0.3) is 11.0 Å². The van der Waals surface area contributed by atoms with Crippen LogP contribution in [0.15, 0.2) is 12.4 Å². The van der Waals surface area contributed by atoms with Crippen molar-refractivity contribution in [2.24, 2.45) is 0 Å². The second-order valence-corrected chi connectivity index (χ2v) is 3.31. The highest BCUT2D eigenvalue weighted by Crippen LogP contribution is 2.16. The van der Waals surface area contributed by atoms with Crippen LogP contribution in [-0.4, -0.2) is 26.0 Å². The summed E-state index contributed by atoms with van der Waals surface area (Å²) >= 11 is 0. The summed E-state index contributed by atoms with van der Waals surface area (Å²) in [4.78, 5) is 21.9. The number of nitrogens with one attached hydrogen (secondary N) is 1. The molecular formula is C10H11N3O2. The first-order valence-corrected chi connectivity index (χ1v) is 4.78. The Hall–Kier alpha value is -1.91. The molecule has 2 aromatic heterocycles. The topological polar surface area (TPSA) is 78.9 Å². The fourth-order valence-electron chi connectivity index (χ4n) is 1.53. The fourth-order valence-corrected chi connectivity index (χ4v) is 1.53. The van der Waals surface area contributed by atoms with E-state index >= 15 is 0 Å². The first kappa shape index (κ1) is 9.64. The molecule has 0 aliphatic rings. The van der Waals surface area contributed by atoms with Gasteiger partial charge in [0.1, 0.15) is 5.52 Å². The third-order valence-electron chi connectivity index (χ3n) is 2.18. The predicted octanol–water partition coefficient (Wildman–Crippen LogP) is 1.61. The number of hydrogen-bond donors (Lipinski definition) is 2. The average molecular weight is 205 g/mol. The Bertz CT molecular complexity index is 504. The number of H-pyrrole nitrogens is 1. The number of aryl methyl sites for hydroxylation is 1. The number of imidazole rings is 1. The van der Waals surface area contributed by atoms with Gasteiger partial charge in [-0.2, -0.15) is 0 Å². The molecule has 15 heavy (non-hydrogen) atoms. The van der Waals surface area contributed by atoms with Crippen molar-refractivity contribution in [1.82, 2.24) is 15.0 Å². The number of aromatic nitrogens is 3. The molecule has 5 nitrogen and oxygen atoms in total. The molecule has 5 heteroatoms. The quantitative estimate of drug-likeness (QED) is 0.797. The van der Waals surface area contributed by atoms with Gasteiger partial charge in [0.05, 0.1) is 17.5 Å². The third-order valence-corrected chi connectivity index (χ3v) is 2.18. The number of carboxylic acids is 1. The summed E-state index contributed by atoms with van der Waals surface area (Å²) in [5, 5.41) is 8.88. The van der Waals surface area contributed by atoms with Gasteiger partial charge in [0.25, 0.3) is 0 Å². The molecule has 0 aliphatic carbocycles. The van der Waals surface area contributed by atoms with E-state index in [1.54, 1.807) is 6.33 Å². The highest BCUT2D eigenvalue weighted by Gasteiger charge is 2.11. The number of aromatic carboxylic acids is 1. The minimum atomic E-state index is -1.01. The lowest BCUT2D eigenvalue weighted by Crippen LogP contribution is -2.03. The van der Waals surface area contributed by atoms with Crippen molar-refractivity contribution in [1.29, 1.82) is 0 Å². The van der Waals surface area contributed by atoms with Gasteiger partial charge in [-0.3, -0.25) is 0 Å². The van der Waals surface area contributed by atoms with E-state index in [-0.39, 0.29) is 5.69 Å². The molecule has 0 spiro atoms. The van der Waals surface area contributed by atoms with E-state index in [0.29, 0.717) is 0 Å². The van der Waals surface area contributed by atoms with Crippen molar-refractivity contribution >= 4 is 17.0 Å². The maximum atomic E-state index is 10.8. The first-order chi connectivity index (χ1) is 7.22. The highest BCUT2D eigenvalue weighted by molar-refractivity contribution is 5.90. The number of fused-ring (bicyclic) bond motifs is 1. The molecule has 0 saturated carbocycles. The van der Waals surface area contributed by atoms with Crippen LogP contribution in [0.4, 0.5) is 0 Å². The molecule has 0 atom stereocenters. The normalized spacial score (nSPS) is 10.7. The second-order valence-electron chi connectivity index (χ2n) is 3.31. The Labute approximate surface area is 86.2 Å². The van der Waals surface area contributed by atoms with Crippen LogP contribution in [0, 0.1) is 0 Å². The van der Waals surface area contributed by atoms with Gasteiger partial charge in [-0.1, -0.05) is 13.3 Å². The molecule has 0 amide bonds. The number of hydrogen-bond acceptors (Lipinski definition) is 3. The van der Waals surface area contributed by atoms with E-state index in [1.165, 1.54) is 6.07 Å². The number of rotatable bonds is 3. The first-order valence-electron chi connectivity index (χ1n) is 4.78. The van der Waals surface area contributed by atoms with E-state index < -0.39 is 5.97 Å². The summed E-state index contributed by atoms with van der Waals surface area (Å²) in [7, 11) is 0. The summed E-state index contributed by atoms with van der Waals surface area (Å²) in [6.45, 7) is 2.02. The van der Waals surface area contributed by atoms with Gasteiger partial charge in [0.15, 0.2) is 5.69 Å². The standard InChI is InChI=1S/C10H11N3O2/c1-2-3-6-9-7(11-5-12-9)4-8(13-6)10(14)15/h4-5H,2-3H2,1H3,(H,11,12)(H,14,15). The van der Waals surface area contributed by atoms with E-state index in [1.807, 2.05) is 6.92 Å². The molecule has 0 fully saturated rings. The van der Waals surface area contributed by atoms with Crippen LogP contribution >= 0.6 is 0 Å². The summed E-state index contributed by atoms with van der Waals surface area (Å²) in [5.41, 5.74) is 2.30. The SMILES string of the molecule is CCCc1nc(C(=O)O)cc2[nH]cnc12. The smallest absolute Gasteiger partial charge is 0.354 e. The lowest BCUT2D eigenvalue weighted by molar-refractivity contribution is 0.0690. The third kappa shape index (κ3) is 1.68. The van der Waals surface area contributed by atoms with Gasteiger partial charge < -0.3 is 10.1 Å². The maximum Gasteiger partial charge on any atom is 0.354 e. The van der Waals surface area contributed by atoms with Gasteiger partial charge in [-0.05, 0) is 12.5 Å². The number of nitrogens with zero attached hydrogens (tertiary/aromatic N) is 2. The molecule has 0 saturated heterocycles. The molecule has 2 aromatic rings. The lowest BCUT2D eigenvalue weighted by Gasteiger charge is -2.01. The van der Waals surface area contributed by atoms with Gasteiger partial charge in [0, 0.05) is 0 Å². The molecule has 0 unspecified atom stereocenters. The molecule has 0 aromatic carbocycles. The monoisotopic (exact) mass is 205 g/mol. The van der Waals surface area contributed by atoms with Gasteiger partial charge in [0.2, 0.25) is 0 Å². The van der Waals surface area contributed by atoms with Crippen LogP contribution < -0.4 is 0 Å². The van der Waals surface area contributed by atoms with Crippen LogP contribution in [0.5, 0.6) is 0 Å². The van der Waals surface area contributed by atoms with E-state index in [9.17, 15) is 4.79 Å². The Morgan fingerprint density at radius 3 is 3.07 bits per heavy atom. The fraction of sp³-hybridized carbons (Fsp3) is 0.300. The molecule has 0 radical (unpaired) electrons. The second kappa shape index (κ2) is 3.68. The summed E-state index contributed by atoms with van der Waals surface area (Å²) in [6, 6.07) is 1.50. The Morgan fingerprint density at radius 1 is 1.60 bits per heavy atom. The summed E-state index contributed by atoms with van der Waals surface area (Å²) in [6.07, 6.45) is 3.21. The van der Waals surface area contributed by atoms with E-state index in [2.05, 4.69) is 15.0 Å². The van der Waals surface area contributed by atoms with E-state index in [0.717, 1.165) is 29.6 Å². The minimum absolute atomic E-state index is 0.0650. The van der Waals surface area contributed by atoms with Crippen LogP contribution in [-0.2, 0) is 6.42 Å². The van der Waals surface area contributed by atoms with Crippen LogP contribution in [0.3, 0.4) is 0 Å². The zero-order valence-electron chi connectivity index (χ0n) is 8.32. The molecule has 2 heterocycles. The number of aromatic amines is 1. The average Bonchev–Trinajstić information content (AvgIpc) is 2.65. The number of pyridine rings is 1. The zero-order chi connectivity index (χ0) is 10.8. The lowest BCUT2D eigenvalue weighted by atomic mass is 10.2. The Morgan fingerprint density at radius 2 is 2.40 bits per heavy atom. The van der Waals surface area contributed by atoms with Gasteiger partial charge in [-0.15, -0.1) is 0 Å². The predicted molar refractivity (Wildman–Crippen MR) is 54.8 cm³/mol. The van der Waals surface area contributed by atoms with Crippen molar-refractivity contribution in [2.45, 2.75) is 19.8 Å². The molecule has 0 aliphatic heterocycles. The number of carbonyl (C=O) groups is 1. The highest BCUT2D eigenvalue weighted by atomic mass is 16.4. The Balaban J connectivity index is 2.63. The van der Waals surface area contributed by atoms with E-state index in [4.69, 9.17) is 5.11 Å². The molecule has 78 valence electrons. The van der Waals surface area contributed by atoms with Gasteiger partial charge in [-0.25, -0.2) is 14.8 Å². The molecule has 2 N–H and O–H groups in total. The minimum Gasteiger partial charge on any atom is -0.477 e.